The number of rotatable bonds is 7. The lowest BCUT2D eigenvalue weighted by Gasteiger charge is -2.26. The summed E-state index contributed by atoms with van der Waals surface area (Å²) in [4.78, 5) is 59.6. The van der Waals surface area contributed by atoms with Gasteiger partial charge in [0, 0.05) is 12.1 Å². The zero-order valence-electron chi connectivity index (χ0n) is 16.9. The quantitative estimate of drug-likeness (QED) is 0.264. The summed E-state index contributed by atoms with van der Waals surface area (Å²) in [6, 6.07) is 6.47. The third-order valence-electron chi connectivity index (χ3n) is 4.32. The topological polar surface area (TPSA) is 171 Å². The van der Waals surface area contributed by atoms with Gasteiger partial charge in [0.15, 0.2) is 18.1 Å². The molecule has 1 aliphatic rings. The van der Waals surface area contributed by atoms with Crippen LogP contribution < -0.4 is 25.4 Å². The SMILES string of the molecule is COc1cc(/C=C2\C(=O)NC(=O)N(c3cccc([N+](=O)[O-])c3)C2=O)cc(Cl)c1OCC(N)=O. The van der Waals surface area contributed by atoms with Gasteiger partial charge in [-0.3, -0.25) is 29.8 Å². The second kappa shape index (κ2) is 9.36. The van der Waals surface area contributed by atoms with Crippen LogP contribution in [0.25, 0.3) is 6.08 Å². The summed E-state index contributed by atoms with van der Waals surface area (Å²) in [5.41, 5.74) is 4.40. The Morgan fingerprint density at radius 1 is 1.27 bits per heavy atom. The minimum absolute atomic E-state index is 0.00210. The normalized spacial score (nSPS) is 14.8. The number of benzene rings is 2. The van der Waals surface area contributed by atoms with E-state index < -0.39 is 40.9 Å². The minimum atomic E-state index is -1.06. The Hall–Kier alpha value is -4.45. The molecule has 0 bridgehead atoms. The molecule has 1 aliphatic heterocycles. The monoisotopic (exact) mass is 474 g/mol. The highest BCUT2D eigenvalue weighted by Crippen LogP contribution is 2.37. The molecule has 5 amide bonds. The van der Waals surface area contributed by atoms with Crippen LogP contribution in [0.2, 0.25) is 5.02 Å². The number of carbonyl (C=O) groups is 4. The molecule has 0 unspecified atom stereocenters. The number of primary amides is 1. The molecule has 0 radical (unpaired) electrons. The number of nitrogens with zero attached hydrogens (tertiary/aromatic N) is 2. The Morgan fingerprint density at radius 3 is 2.64 bits per heavy atom. The molecule has 3 rings (SSSR count). The molecule has 0 aromatic heterocycles. The van der Waals surface area contributed by atoms with Crippen LogP contribution in [0, 0.1) is 10.1 Å². The standard InChI is InChI=1S/C20H15ClN4O8/c1-32-15-7-10(6-14(21)17(15)33-9-16(22)26)5-13-18(27)23-20(29)24(19(13)28)11-3-2-4-12(8-11)25(30)31/h2-8H,9H2,1H3,(H2,22,26)(H,23,27,29)/b13-5+. The van der Waals surface area contributed by atoms with Crippen LogP contribution in [0.5, 0.6) is 11.5 Å². The Balaban J connectivity index is 2.01. The van der Waals surface area contributed by atoms with Crippen LogP contribution >= 0.6 is 11.6 Å². The maximum absolute atomic E-state index is 13.0. The van der Waals surface area contributed by atoms with Crippen molar-refractivity contribution in [2.45, 2.75) is 0 Å². The fourth-order valence-electron chi connectivity index (χ4n) is 2.91. The number of barbiturate groups is 1. The molecule has 33 heavy (non-hydrogen) atoms. The van der Waals surface area contributed by atoms with E-state index in [-0.39, 0.29) is 33.5 Å². The number of imide groups is 2. The van der Waals surface area contributed by atoms with Crippen LogP contribution in [-0.2, 0) is 14.4 Å². The molecule has 170 valence electrons. The lowest BCUT2D eigenvalue weighted by atomic mass is 10.1. The number of nitrogens with one attached hydrogen (secondary N) is 1. The number of non-ortho nitro benzene ring substituents is 1. The van der Waals surface area contributed by atoms with Crippen molar-refractivity contribution >= 4 is 52.8 Å². The number of nitro groups is 1. The summed E-state index contributed by atoms with van der Waals surface area (Å²) in [6.07, 6.45) is 1.15. The average Bonchev–Trinajstić information content (AvgIpc) is 2.75. The summed E-state index contributed by atoms with van der Waals surface area (Å²) in [7, 11) is 1.31. The molecule has 3 N–H and O–H groups in total. The van der Waals surface area contributed by atoms with Gasteiger partial charge in [0.05, 0.1) is 22.7 Å². The number of carbonyl (C=O) groups excluding carboxylic acids is 4. The number of halogens is 1. The van der Waals surface area contributed by atoms with Crippen molar-refractivity contribution in [3.05, 3.63) is 62.7 Å². The molecule has 2 aromatic carbocycles. The summed E-state index contributed by atoms with van der Waals surface area (Å²) in [6.45, 7) is -0.461. The number of anilines is 1. The number of methoxy groups -OCH3 is 1. The molecule has 0 spiro atoms. The highest BCUT2D eigenvalue weighted by molar-refractivity contribution is 6.39. The van der Waals surface area contributed by atoms with E-state index in [1.54, 1.807) is 0 Å². The molecular formula is C20H15ClN4O8. The Labute approximate surface area is 190 Å². The Kier molecular flexibility index (Phi) is 6.59. The fraction of sp³-hybridized carbons (Fsp3) is 0.100. The minimum Gasteiger partial charge on any atom is -0.493 e. The van der Waals surface area contributed by atoms with Crippen LogP contribution in [-0.4, -0.2) is 42.4 Å². The molecule has 0 saturated carbocycles. The second-order valence-electron chi connectivity index (χ2n) is 6.52. The van der Waals surface area contributed by atoms with Gasteiger partial charge in [0.25, 0.3) is 23.4 Å². The predicted octanol–water partition coefficient (Wildman–Crippen LogP) is 1.79. The number of hydrogen-bond donors (Lipinski definition) is 2. The summed E-state index contributed by atoms with van der Waals surface area (Å²) in [5, 5.41) is 13.0. The smallest absolute Gasteiger partial charge is 0.335 e. The van der Waals surface area contributed by atoms with Crippen LogP contribution in [0.15, 0.2) is 42.0 Å². The number of nitro benzene ring substituents is 1. The summed E-state index contributed by atoms with van der Waals surface area (Å²) < 4.78 is 10.4. The van der Waals surface area contributed by atoms with Crippen LogP contribution in [0.1, 0.15) is 5.56 Å². The molecule has 1 saturated heterocycles. The molecule has 2 aromatic rings. The average molecular weight is 475 g/mol. The van der Waals surface area contributed by atoms with Gasteiger partial charge >= 0.3 is 6.03 Å². The Bertz CT molecular complexity index is 1230. The number of nitrogens with two attached hydrogens (primary N) is 1. The molecule has 12 nitrogen and oxygen atoms in total. The first-order valence-electron chi connectivity index (χ1n) is 9.07. The molecule has 0 aliphatic carbocycles. The zero-order chi connectivity index (χ0) is 24.3. The van der Waals surface area contributed by atoms with Crippen molar-refractivity contribution in [2.75, 3.05) is 18.6 Å². The maximum atomic E-state index is 13.0. The van der Waals surface area contributed by atoms with Gasteiger partial charge in [-0.2, -0.15) is 0 Å². The van der Waals surface area contributed by atoms with Crippen molar-refractivity contribution in [3.8, 4) is 11.5 Å². The van der Waals surface area contributed by atoms with Gasteiger partial charge < -0.3 is 15.2 Å². The van der Waals surface area contributed by atoms with Crippen molar-refractivity contribution < 1.29 is 33.6 Å². The van der Waals surface area contributed by atoms with Crippen LogP contribution in [0.3, 0.4) is 0 Å². The van der Waals surface area contributed by atoms with Crippen molar-refractivity contribution in [1.29, 1.82) is 0 Å². The van der Waals surface area contributed by atoms with E-state index in [9.17, 15) is 29.3 Å². The third kappa shape index (κ3) is 4.91. The first-order chi connectivity index (χ1) is 15.6. The second-order valence-corrected chi connectivity index (χ2v) is 6.93. The molecular weight excluding hydrogens is 460 g/mol. The van der Waals surface area contributed by atoms with Gasteiger partial charge in [-0.05, 0) is 29.8 Å². The van der Waals surface area contributed by atoms with Crippen molar-refractivity contribution in [1.82, 2.24) is 5.32 Å². The highest BCUT2D eigenvalue weighted by Gasteiger charge is 2.37. The molecule has 13 heteroatoms. The Morgan fingerprint density at radius 2 is 2.00 bits per heavy atom. The van der Waals surface area contributed by atoms with Crippen LogP contribution in [0.4, 0.5) is 16.2 Å². The van der Waals surface area contributed by atoms with E-state index in [2.05, 4.69) is 0 Å². The van der Waals surface area contributed by atoms with E-state index in [1.807, 2.05) is 5.32 Å². The van der Waals surface area contributed by atoms with E-state index >= 15 is 0 Å². The number of hydrogen-bond acceptors (Lipinski definition) is 8. The first kappa shape index (κ1) is 23.2. The first-order valence-corrected chi connectivity index (χ1v) is 9.44. The largest absolute Gasteiger partial charge is 0.493 e. The number of urea groups is 1. The fourth-order valence-corrected chi connectivity index (χ4v) is 3.18. The summed E-state index contributed by atoms with van der Waals surface area (Å²) >= 11 is 6.18. The van der Waals surface area contributed by atoms with Gasteiger partial charge in [-0.1, -0.05) is 17.7 Å². The lowest BCUT2D eigenvalue weighted by Crippen LogP contribution is -2.54. The third-order valence-corrected chi connectivity index (χ3v) is 4.60. The molecule has 1 heterocycles. The number of amides is 5. The van der Waals surface area contributed by atoms with Gasteiger partial charge in [-0.25, -0.2) is 9.69 Å². The van der Waals surface area contributed by atoms with E-state index in [4.69, 9.17) is 26.8 Å². The predicted molar refractivity (Wildman–Crippen MR) is 115 cm³/mol. The molecule has 1 fully saturated rings. The van der Waals surface area contributed by atoms with E-state index in [1.165, 1.54) is 37.4 Å². The highest BCUT2D eigenvalue weighted by atomic mass is 35.5. The van der Waals surface area contributed by atoms with Gasteiger partial charge in [-0.15, -0.1) is 0 Å². The lowest BCUT2D eigenvalue weighted by molar-refractivity contribution is -0.384. The van der Waals surface area contributed by atoms with Crippen molar-refractivity contribution in [2.24, 2.45) is 5.73 Å². The number of ether oxygens (including phenoxy) is 2. The summed E-state index contributed by atoms with van der Waals surface area (Å²) in [5.74, 6) is -2.61. The van der Waals surface area contributed by atoms with E-state index in [0.717, 1.165) is 12.1 Å². The van der Waals surface area contributed by atoms with E-state index in [0.29, 0.717) is 4.90 Å². The molecule has 0 atom stereocenters. The van der Waals surface area contributed by atoms with Gasteiger partial charge in [0.1, 0.15) is 5.57 Å². The maximum Gasteiger partial charge on any atom is 0.335 e. The zero-order valence-corrected chi connectivity index (χ0v) is 17.6. The van der Waals surface area contributed by atoms with Crippen molar-refractivity contribution in [3.63, 3.8) is 0 Å². The van der Waals surface area contributed by atoms with Gasteiger partial charge in [0.2, 0.25) is 0 Å².